The number of aliphatic hydroxyl groups is 1. The van der Waals surface area contributed by atoms with Crippen LogP contribution in [0, 0.1) is 0 Å². The fraction of sp³-hybridized carbons (Fsp3) is 0.571. The van der Waals surface area contributed by atoms with E-state index in [0.29, 0.717) is 6.42 Å². The summed E-state index contributed by atoms with van der Waals surface area (Å²) in [6.07, 6.45) is 3.96. The van der Waals surface area contributed by atoms with E-state index in [9.17, 15) is 9.50 Å². The molecule has 0 fully saturated rings. The van der Waals surface area contributed by atoms with Crippen molar-refractivity contribution in [1.82, 2.24) is 0 Å². The summed E-state index contributed by atoms with van der Waals surface area (Å²) in [5.41, 5.74) is 3.63. The Balaban J connectivity index is 1.80. The van der Waals surface area contributed by atoms with E-state index in [1.54, 1.807) is 0 Å². The largest absolute Gasteiger partial charge is 0.392 e. The highest BCUT2D eigenvalue weighted by Gasteiger charge is 2.18. The highest BCUT2D eigenvalue weighted by atomic mass is 19.1. The molecule has 1 atom stereocenters. The highest BCUT2D eigenvalue weighted by Crippen LogP contribution is 2.25. The maximum atomic E-state index is 11.9. The summed E-state index contributed by atoms with van der Waals surface area (Å²) in [5.74, 6) is 0. The summed E-state index contributed by atoms with van der Waals surface area (Å²) >= 11 is 0. The quantitative estimate of drug-likeness (QED) is 0.746. The molecular formula is C14H20FNO. The summed E-state index contributed by atoms with van der Waals surface area (Å²) in [7, 11) is 0. The fourth-order valence-electron chi connectivity index (χ4n) is 2.33. The van der Waals surface area contributed by atoms with Gasteiger partial charge in [0.2, 0.25) is 0 Å². The van der Waals surface area contributed by atoms with Gasteiger partial charge in [-0.3, -0.25) is 4.39 Å². The lowest BCUT2D eigenvalue weighted by atomic mass is 10.1. The van der Waals surface area contributed by atoms with E-state index < -0.39 is 0 Å². The van der Waals surface area contributed by atoms with Crippen molar-refractivity contribution in [3.05, 3.63) is 29.3 Å². The van der Waals surface area contributed by atoms with E-state index in [1.807, 2.05) is 0 Å². The van der Waals surface area contributed by atoms with Gasteiger partial charge in [0.05, 0.1) is 12.8 Å². The second-order valence-corrected chi connectivity index (χ2v) is 4.72. The Bertz CT molecular complexity index is 367. The van der Waals surface area contributed by atoms with Gasteiger partial charge < -0.3 is 10.4 Å². The van der Waals surface area contributed by atoms with Crippen LogP contribution < -0.4 is 5.32 Å². The Morgan fingerprint density at radius 2 is 2.00 bits per heavy atom. The summed E-state index contributed by atoms with van der Waals surface area (Å²) in [6, 6.07) is 6.28. The van der Waals surface area contributed by atoms with Gasteiger partial charge in [-0.1, -0.05) is 6.07 Å². The first-order valence-corrected chi connectivity index (χ1v) is 6.39. The van der Waals surface area contributed by atoms with Gasteiger partial charge in [0.25, 0.3) is 0 Å². The molecule has 0 radical (unpaired) electrons. The first-order valence-electron chi connectivity index (χ1n) is 6.39. The normalized spacial score (nSPS) is 18.1. The summed E-state index contributed by atoms with van der Waals surface area (Å²) in [5, 5.41) is 12.9. The zero-order chi connectivity index (χ0) is 12.1. The molecule has 0 bridgehead atoms. The molecule has 1 aliphatic rings. The second-order valence-electron chi connectivity index (χ2n) is 4.72. The van der Waals surface area contributed by atoms with Gasteiger partial charge in [-0.15, -0.1) is 0 Å². The van der Waals surface area contributed by atoms with Crippen molar-refractivity contribution in [1.29, 1.82) is 0 Å². The van der Waals surface area contributed by atoms with Crippen LogP contribution in [0.25, 0.3) is 0 Å². The number of nitrogens with one attached hydrogen (secondary N) is 1. The lowest BCUT2D eigenvalue weighted by molar-refractivity contribution is 0.187. The van der Waals surface area contributed by atoms with E-state index in [4.69, 9.17) is 0 Å². The molecular weight excluding hydrogens is 217 g/mol. The molecule has 1 aromatic carbocycles. The number of anilines is 1. The standard InChI is InChI=1S/C14H20FNO/c15-6-2-1-3-7-16-13-5-4-11-9-14(17)10-12(11)8-13/h4-5,8,14,16-17H,1-3,6-7,9-10H2/t14-/m0/s1. The zero-order valence-corrected chi connectivity index (χ0v) is 10.1. The number of unbranched alkanes of at least 4 members (excludes halogenated alkanes) is 2. The first-order chi connectivity index (χ1) is 8.29. The maximum Gasteiger partial charge on any atom is 0.0894 e. The Labute approximate surface area is 102 Å². The van der Waals surface area contributed by atoms with Gasteiger partial charge in [0.15, 0.2) is 0 Å². The highest BCUT2D eigenvalue weighted by molar-refractivity contribution is 5.50. The number of hydrogen-bond acceptors (Lipinski definition) is 2. The Hall–Kier alpha value is -1.09. The predicted molar refractivity (Wildman–Crippen MR) is 68.2 cm³/mol. The molecule has 0 saturated heterocycles. The van der Waals surface area contributed by atoms with Crippen molar-refractivity contribution >= 4 is 5.69 Å². The van der Waals surface area contributed by atoms with Crippen LogP contribution in [0.3, 0.4) is 0 Å². The van der Waals surface area contributed by atoms with Crippen LogP contribution in [-0.4, -0.2) is 24.4 Å². The summed E-state index contributed by atoms with van der Waals surface area (Å²) in [6.45, 7) is 0.679. The molecule has 17 heavy (non-hydrogen) atoms. The molecule has 1 aromatic rings. The van der Waals surface area contributed by atoms with E-state index >= 15 is 0 Å². The number of benzene rings is 1. The van der Waals surface area contributed by atoms with Crippen molar-refractivity contribution in [2.75, 3.05) is 18.5 Å². The molecule has 0 aromatic heterocycles. The molecule has 94 valence electrons. The Kier molecular flexibility index (Phi) is 4.37. The fourth-order valence-corrected chi connectivity index (χ4v) is 2.33. The minimum atomic E-state index is -0.212. The van der Waals surface area contributed by atoms with Crippen LogP contribution in [0.2, 0.25) is 0 Å². The number of rotatable bonds is 6. The van der Waals surface area contributed by atoms with Crippen molar-refractivity contribution in [2.24, 2.45) is 0 Å². The van der Waals surface area contributed by atoms with Crippen LogP contribution in [0.4, 0.5) is 10.1 Å². The van der Waals surface area contributed by atoms with Gasteiger partial charge in [0, 0.05) is 12.2 Å². The molecule has 0 saturated carbocycles. The Morgan fingerprint density at radius 3 is 2.82 bits per heavy atom. The van der Waals surface area contributed by atoms with Crippen LogP contribution in [0.1, 0.15) is 30.4 Å². The predicted octanol–water partition coefficient (Wildman–Crippen LogP) is 2.70. The van der Waals surface area contributed by atoms with Crippen molar-refractivity contribution in [3.63, 3.8) is 0 Å². The van der Waals surface area contributed by atoms with Gasteiger partial charge in [-0.2, -0.15) is 0 Å². The van der Waals surface area contributed by atoms with Crippen LogP contribution in [0.5, 0.6) is 0 Å². The van der Waals surface area contributed by atoms with Gasteiger partial charge in [-0.25, -0.2) is 0 Å². The molecule has 0 heterocycles. The smallest absolute Gasteiger partial charge is 0.0894 e. The second kappa shape index (κ2) is 6.01. The maximum absolute atomic E-state index is 11.9. The van der Waals surface area contributed by atoms with Crippen molar-refractivity contribution in [3.8, 4) is 0 Å². The third-order valence-electron chi connectivity index (χ3n) is 3.26. The van der Waals surface area contributed by atoms with E-state index in [0.717, 1.165) is 37.9 Å². The topological polar surface area (TPSA) is 32.3 Å². The number of alkyl halides is 1. The third-order valence-corrected chi connectivity index (χ3v) is 3.26. The third kappa shape index (κ3) is 3.43. The monoisotopic (exact) mass is 237 g/mol. The number of aliphatic hydroxyl groups excluding tert-OH is 1. The average molecular weight is 237 g/mol. The van der Waals surface area contributed by atoms with E-state index in [2.05, 4.69) is 23.5 Å². The SMILES string of the molecule is O[C@H]1Cc2ccc(NCCCCCF)cc2C1. The molecule has 2 rings (SSSR count). The molecule has 1 aliphatic carbocycles. The lowest BCUT2D eigenvalue weighted by Gasteiger charge is -2.07. The number of hydrogen-bond donors (Lipinski definition) is 2. The molecule has 0 amide bonds. The summed E-state index contributed by atoms with van der Waals surface area (Å²) in [4.78, 5) is 0. The first kappa shape index (κ1) is 12.4. The van der Waals surface area contributed by atoms with E-state index in [-0.39, 0.29) is 12.8 Å². The zero-order valence-electron chi connectivity index (χ0n) is 10.1. The molecule has 2 N–H and O–H groups in total. The van der Waals surface area contributed by atoms with Gasteiger partial charge in [-0.05, 0) is 55.4 Å². The van der Waals surface area contributed by atoms with Crippen LogP contribution in [-0.2, 0) is 12.8 Å². The molecule has 0 unspecified atom stereocenters. The average Bonchev–Trinajstić information content (AvgIpc) is 2.68. The van der Waals surface area contributed by atoms with Crippen molar-refractivity contribution in [2.45, 2.75) is 38.2 Å². The molecule has 2 nitrogen and oxygen atoms in total. The minimum Gasteiger partial charge on any atom is -0.392 e. The minimum absolute atomic E-state index is 0.204. The molecule has 3 heteroatoms. The molecule has 0 aliphatic heterocycles. The number of fused-ring (bicyclic) bond motifs is 1. The van der Waals surface area contributed by atoms with Gasteiger partial charge in [0.1, 0.15) is 0 Å². The van der Waals surface area contributed by atoms with Gasteiger partial charge >= 0.3 is 0 Å². The summed E-state index contributed by atoms with van der Waals surface area (Å²) < 4.78 is 11.9. The van der Waals surface area contributed by atoms with Crippen LogP contribution in [0.15, 0.2) is 18.2 Å². The van der Waals surface area contributed by atoms with Crippen LogP contribution >= 0.6 is 0 Å². The number of halogens is 1. The Morgan fingerprint density at radius 1 is 1.18 bits per heavy atom. The lowest BCUT2D eigenvalue weighted by Crippen LogP contribution is -2.03. The van der Waals surface area contributed by atoms with E-state index in [1.165, 1.54) is 11.1 Å². The molecule has 0 spiro atoms. The van der Waals surface area contributed by atoms with Crippen molar-refractivity contribution < 1.29 is 9.50 Å².